The molecule has 0 N–H and O–H groups in total. The molecule has 2 aromatic carbocycles. The Morgan fingerprint density at radius 2 is 1.77 bits per heavy atom. The molecule has 0 aliphatic carbocycles. The average Bonchev–Trinajstić information content (AvgIpc) is 2.91. The van der Waals surface area contributed by atoms with Gasteiger partial charge >= 0.3 is 0 Å². The molecule has 6 heteroatoms. The molecule has 1 aliphatic heterocycles. The lowest BCUT2D eigenvalue weighted by Crippen LogP contribution is -2.33. The molecule has 0 bridgehead atoms. The Morgan fingerprint density at radius 1 is 1.08 bits per heavy atom. The van der Waals surface area contributed by atoms with Crippen LogP contribution in [0.3, 0.4) is 0 Å². The quantitative estimate of drug-likeness (QED) is 0.570. The smallest absolute Gasteiger partial charge is 0.293 e. The fraction of sp³-hybridized carbons (Fsp3) is 0.150. The molecule has 0 radical (unpaired) electrons. The number of hydrogen-bond acceptors (Lipinski definition) is 5. The van der Waals surface area contributed by atoms with Crippen molar-refractivity contribution in [1.29, 1.82) is 0 Å². The predicted octanol–water partition coefficient (Wildman–Crippen LogP) is 4.00. The minimum absolute atomic E-state index is 0.255. The van der Waals surface area contributed by atoms with Gasteiger partial charge in [0.25, 0.3) is 11.1 Å². The summed E-state index contributed by atoms with van der Waals surface area (Å²) in [5.41, 5.74) is 1.26. The number of carbonyl (C=O) groups excluding carboxylic acids is 3. The normalized spacial score (nSPS) is 15.6. The molecule has 0 aromatic heterocycles. The summed E-state index contributed by atoms with van der Waals surface area (Å²) in [7, 11) is 0. The molecule has 26 heavy (non-hydrogen) atoms. The van der Waals surface area contributed by atoms with Crippen LogP contribution in [0.1, 0.15) is 22.8 Å². The minimum atomic E-state index is -0.446. The maximum absolute atomic E-state index is 12.5. The van der Waals surface area contributed by atoms with E-state index in [0.717, 1.165) is 28.0 Å². The van der Waals surface area contributed by atoms with Crippen LogP contribution in [-0.4, -0.2) is 35.0 Å². The molecule has 1 aliphatic rings. The summed E-state index contributed by atoms with van der Waals surface area (Å²) in [6, 6.07) is 15.9. The Kier molecular flexibility index (Phi) is 5.53. The lowest BCUT2D eigenvalue weighted by atomic mass is 10.1. The zero-order chi connectivity index (χ0) is 18.5. The number of nitrogens with zero attached hydrogens (tertiary/aromatic N) is 1. The van der Waals surface area contributed by atoms with Crippen molar-refractivity contribution in [2.75, 3.05) is 13.2 Å². The first-order chi connectivity index (χ1) is 12.6. The molecule has 0 atom stereocenters. The van der Waals surface area contributed by atoms with Gasteiger partial charge in [-0.25, -0.2) is 0 Å². The van der Waals surface area contributed by atoms with Crippen molar-refractivity contribution < 1.29 is 19.1 Å². The topological polar surface area (TPSA) is 63.7 Å². The van der Waals surface area contributed by atoms with E-state index in [4.69, 9.17) is 4.74 Å². The fourth-order valence-electron chi connectivity index (χ4n) is 2.47. The van der Waals surface area contributed by atoms with Gasteiger partial charge in [-0.05, 0) is 42.5 Å². The molecule has 0 saturated carbocycles. The number of ether oxygens (including phenoxy) is 1. The second kappa shape index (κ2) is 8.01. The van der Waals surface area contributed by atoms with Crippen LogP contribution in [0, 0.1) is 0 Å². The monoisotopic (exact) mass is 367 g/mol. The first-order valence-electron chi connectivity index (χ1n) is 8.15. The second-order valence-corrected chi connectivity index (χ2v) is 6.55. The Balaban J connectivity index is 1.73. The molecule has 2 aromatic rings. The van der Waals surface area contributed by atoms with Crippen LogP contribution in [0.2, 0.25) is 0 Å². The summed E-state index contributed by atoms with van der Waals surface area (Å²) in [5.74, 6) is 0.0274. The molecule has 2 amide bonds. The van der Waals surface area contributed by atoms with Gasteiger partial charge in [0.1, 0.15) is 5.75 Å². The molecule has 1 heterocycles. The van der Waals surface area contributed by atoms with E-state index in [1.807, 2.05) is 19.1 Å². The largest absolute Gasteiger partial charge is 0.494 e. The number of amides is 2. The molecular formula is C20H17NO4S. The molecule has 1 fully saturated rings. The average molecular weight is 367 g/mol. The van der Waals surface area contributed by atoms with Crippen molar-refractivity contribution in [1.82, 2.24) is 4.90 Å². The standard InChI is InChI=1S/C20H17NO4S/c1-2-25-16-10-8-14(9-11-16)12-18-19(23)21(20(24)26-18)13-17(22)15-6-4-3-5-7-15/h3-12H,2,13H2,1H3/b18-12+. The van der Waals surface area contributed by atoms with Gasteiger partial charge in [0.05, 0.1) is 18.1 Å². The maximum Gasteiger partial charge on any atom is 0.293 e. The first-order valence-corrected chi connectivity index (χ1v) is 8.96. The van der Waals surface area contributed by atoms with Crippen molar-refractivity contribution >= 4 is 34.8 Å². The summed E-state index contributed by atoms with van der Waals surface area (Å²) in [6.45, 7) is 2.23. The Bertz CT molecular complexity index is 859. The number of thioether (sulfide) groups is 1. The van der Waals surface area contributed by atoms with Gasteiger partial charge < -0.3 is 4.74 Å². The maximum atomic E-state index is 12.5. The lowest BCUT2D eigenvalue weighted by Gasteiger charge is -2.11. The summed E-state index contributed by atoms with van der Waals surface area (Å²) >= 11 is 0.843. The van der Waals surface area contributed by atoms with E-state index in [1.165, 1.54) is 0 Å². The number of ketones is 1. The van der Waals surface area contributed by atoms with Gasteiger partial charge in [-0.15, -0.1) is 0 Å². The molecule has 132 valence electrons. The van der Waals surface area contributed by atoms with Gasteiger partial charge in [-0.1, -0.05) is 42.5 Å². The molecule has 0 unspecified atom stereocenters. The lowest BCUT2D eigenvalue weighted by molar-refractivity contribution is -0.122. The van der Waals surface area contributed by atoms with Crippen LogP contribution in [0.5, 0.6) is 5.75 Å². The first kappa shape index (κ1) is 17.9. The van der Waals surface area contributed by atoms with Gasteiger partial charge in [0.2, 0.25) is 0 Å². The van der Waals surface area contributed by atoms with Crippen molar-refractivity contribution in [3.8, 4) is 5.75 Å². The number of hydrogen-bond donors (Lipinski definition) is 0. The Morgan fingerprint density at radius 3 is 2.42 bits per heavy atom. The van der Waals surface area contributed by atoms with E-state index >= 15 is 0 Å². The number of Topliss-reactive ketones (excluding diaryl/α,β-unsaturated/α-hetero) is 1. The van der Waals surface area contributed by atoms with Crippen LogP contribution in [0.25, 0.3) is 6.08 Å². The van der Waals surface area contributed by atoms with Crippen LogP contribution in [0.15, 0.2) is 59.5 Å². The van der Waals surface area contributed by atoms with E-state index in [1.54, 1.807) is 48.5 Å². The molecule has 5 nitrogen and oxygen atoms in total. The summed E-state index contributed by atoms with van der Waals surface area (Å²) in [6.07, 6.45) is 1.65. The minimum Gasteiger partial charge on any atom is -0.494 e. The highest BCUT2D eigenvalue weighted by molar-refractivity contribution is 8.18. The molecule has 0 spiro atoms. The van der Waals surface area contributed by atoms with Gasteiger partial charge in [-0.3, -0.25) is 19.3 Å². The number of benzene rings is 2. The van der Waals surface area contributed by atoms with Crippen LogP contribution in [-0.2, 0) is 4.79 Å². The van der Waals surface area contributed by atoms with E-state index in [9.17, 15) is 14.4 Å². The van der Waals surface area contributed by atoms with Crippen molar-refractivity contribution in [2.45, 2.75) is 6.92 Å². The van der Waals surface area contributed by atoms with E-state index in [2.05, 4.69) is 0 Å². The highest BCUT2D eigenvalue weighted by Gasteiger charge is 2.36. The zero-order valence-corrected chi connectivity index (χ0v) is 15.0. The molecule has 1 saturated heterocycles. The van der Waals surface area contributed by atoms with Gasteiger partial charge in [-0.2, -0.15) is 0 Å². The SMILES string of the molecule is CCOc1ccc(/C=C2/SC(=O)N(CC(=O)c3ccccc3)C2=O)cc1. The molecular weight excluding hydrogens is 350 g/mol. The van der Waals surface area contributed by atoms with Crippen molar-refractivity contribution in [3.63, 3.8) is 0 Å². The third kappa shape index (κ3) is 4.03. The van der Waals surface area contributed by atoms with Crippen LogP contribution in [0.4, 0.5) is 4.79 Å². The van der Waals surface area contributed by atoms with Crippen molar-refractivity contribution in [3.05, 3.63) is 70.6 Å². The Hall–Kier alpha value is -2.86. The predicted molar refractivity (Wildman–Crippen MR) is 101 cm³/mol. The third-order valence-electron chi connectivity index (χ3n) is 3.76. The van der Waals surface area contributed by atoms with Gasteiger partial charge in [0.15, 0.2) is 5.78 Å². The van der Waals surface area contributed by atoms with E-state index in [0.29, 0.717) is 17.1 Å². The van der Waals surface area contributed by atoms with Crippen LogP contribution >= 0.6 is 11.8 Å². The highest BCUT2D eigenvalue weighted by Crippen LogP contribution is 2.32. The van der Waals surface area contributed by atoms with E-state index in [-0.39, 0.29) is 12.3 Å². The fourth-order valence-corrected chi connectivity index (χ4v) is 3.31. The zero-order valence-electron chi connectivity index (χ0n) is 14.2. The summed E-state index contributed by atoms with van der Waals surface area (Å²) in [4.78, 5) is 38.2. The number of imide groups is 1. The molecule has 3 rings (SSSR count). The summed E-state index contributed by atoms with van der Waals surface area (Å²) in [5, 5.41) is -0.434. The third-order valence-corrected chi connectivity index (χ3v) is 4.67. The second-order valence-electron chi connectivity index (χ2n) is 5.56. The number of carbonyl (C=O) groups is 3. The van der Waals surface area contributed by atoms with Gasteiger partial charge in [0, 0.05) is 5.56 Å². The van der Waals surface area contributed by atoms with E-state index < -0.39 is 11.1 Å². The Labute approximate surface area is 155 Å². The van der Waals surface area contributed by atoms with Crippen molar-refractivity contribution in [2.24, 2.45) is 0 Å². The highest BCUT2D eigenvalue weighted by atomic mass is 32.2. The summed E-state index contributed by atoms with van der Waals surface area (Å²) < 4.78 is 5.38. The number of rotatable bonds is 6. The van der Waals surface area contributed by atoms with Crippen LogP contribution < -0.4 is 4.74 Å².